The molecule has 1 aliphatic heterocycles. The molecule has 1 aliphatic rings. The molecule has 2 aromatic rings. The Labute approximate surface area is 189 Å². The van der Waals surface area contributed by atoms with E-state index >= 15 is 0 Å². The van der Waals surface area contributed by atoms with E-state index in [9.17, 15) is 4.79 Å². The molecular weight excluding hydrogens is 479 g/mol. The predicted octanol–water partition coefficient (Wildman–Crippen LogP) is 3.50. The number of fused-ring (bicyclic) bond motifs is 1. The Morgan fingerprint density at radius 1 is 1.14 bits per heavy atom. The lowest BCUT2D eigenvalue weighted by molar-refractivity contribution is -0.116. The number of ether oxygens (including phenoxy) is 1. The van der Waals surface area contributed by atoms with Crippen molar-refractivity contribution in [2.75, 3.05) is 31.6 Å². The van der Waals surface area contributed by atoms with Crippen LogP contribution < -0.4 is 16.0 Å². The average Bonchev–Trinajstić information content (AvgIpc) is 2.72. The maximum absolute atomic E-state index is 12.0. The molecule has 2 aromatic carbocycles. The molecule has 3 rings (SSSR count). The summed E-state index contributed by atoms with van der Waals surface area (Å²) in [4.78, 5) is 16.6. The van der Waals surface area contributed by atoms with Crippen molar-refractivity contribution in [2.45, 2.75) is 25.9 Å². The molecule has 6 nitrogen and oxygen atoms in total. The molecule has 1 atom stereocenters. The number of guanidine groups is 1. The van der Waals surface area contributed by atoms with Crippen LogP contribution in [0.15, 0.2) is 59.6 Å². The maximum Gasteiger partial charge on any atom is 0.225 e. The molecule has 7 heteroatoms. The van der Waals surface area contributed by atoms with Gasteiger partial charge in [-0.1, -0.05) is 48.5 Å². The molecule has 0 radical (unpaired) electrons. The summed E-state index contributed by atoms with van der Waals surface area (Å²) in [6.45, 7) is 5.23. The molecule has 0 bridgehead atoms. The van der Waals surface area contributed by atoms with Crippen LogP contribution in [0.5, 0.6) is 0 Å². The summed E-state index contributed by atoms with van der Waals surface area (Å²) in [5, 5.41) is 9.47. The number of amides is 1. The lowest BCUT2D eigenvalue weighted by Crippen LogP contribution is -2.39. The molecule has 29 heavy (non-hydrogen) atoms. The number of hydrogen-bond acceptors (Lipinski definition) is 3. The minimum absolute atomic E-state index is 0. The van der Waals surface area contributed by atoms with Gasteiger partial charge in [0, 0.05) is 31.1 Å². The van der Waals surface area contributed by atoms with Crippen LogP contribution in [0.3, 0.4) is 0 Å². The van der Waals surface area contributed by atoms with Crippen LogP contribution in [0.2, 0.25) is 0 Å². The fraction of sp³-hybridized carbons (Fsp3) is 0.364. The number of halogens is 1. The number of aliphatic imine (C=N–C) groups is 1. The number of benzene rings is 2. The Balaban J connectivity index is 0.00000300. The predicted molar refractivity (Wildman–Crippen MR) is 128 cm³/mol. The van der Waals surface area contributed by atoms with Crippen molar-refractivity contribution in [3.8, 4) is 0 Å². The fourth-order valence-corrected chi connectivity index (χ4v) is 3.21. The van der Waals surface area contributed by atoms with E-state index in [1.54, 1.807) is 0 Å². The van der Waals surface area contributed by atoms with Crippen LogP contribution in [0.1, 0.15) is 30.4 Å². The van der Waals surface area contributed by atoms with Crippen LogP contribution in [0, 0.1) is 0 Å². The summed E-state index contributed by atoms with van der Waals surface area (Å²) in [5.74, 6) is 0.884. The smallest absolute Gasteiger partial charge is 0.225 e. The maximum atomic E-state index is 12.0. The number of hydrogen-bond donors (Lipinski definition) is 3. The molecule has 156 valence electrons. The minimum atomic E-state index is 0. The first-order chi connectivity index (χ1) is 13.8. The Kier molecular flexibility index (Phi) is 9.93. The fourth-order valence-electron chi connectivity index (χ4n) is 3.21. The zero-order valence-corrected chi connectivity index (χ0v) is 19.0. The van der Waals surface area contributed by atoms with Crippen LogP contribution in [-0.4, -0.2) is 38.1 Å². The molecule has 0 aliphatic carbocycles. The van der Waals surface area contributed by atoms with Crippen LogP contribution in [-0.2, 0) is 16.1 Å². The lowest BCUT2D eigenvalue weighted by atomic mass is 9.91. The Morgan fingerprint density at radius 2 is 1.90 bits per heavy atom. The first-order valence-electron chi connectivity index (χ1n) is 9.79. The van der Waals surface area contributed by atoms with Gasteiger partial charge in [0.2, 0.25) is 5.91 Å². The topological polar surface area (TPSA) is 74.8 Å². The molecule has 0 spiro atoms. The summed E-state index contributed by atoms with van der Waals surface area (Å²) >= 11 is 0. The molecule has 3 N–H and O–H groups in total. The molecular formula is C22H29IN4O2. The number of rotatable bonds is 8. The van der Waals surface area contributed by atoms with Crippen molar-refractivity contribution in [1.82, 2.24) is 10.6 Å². The zero-order chi connectivity index (χ0) is 19.6. The van der Waals surface area contributed by atoms with Gasteiger partial charge in [-0.2, -0.15) is 0 Å². The second-order valence-electron chi connectivity index (χ2n) is 6.72. The summed E-state index contributed by atoms with van der Waals surface area (Å²) < 4.78 is 5.71. The Bertz CT molecular complexity index is 798. The van der Waals surface area contributed by atoms with Crippen molar-refractivity contribution < 1.29 is 9.53 Å². The second kappa shape index (κ2) is 12.4. The van der Waals surface area contributed by atoms with Gasteiger partial charge < -0.3 is 20.7 Å². The third-order valence-corrected chi connectivity index (χ3v) is 4.57. The van der Waals surface area contributed by atoms with E-state index in [0.29, 0.717) is 32.7 Å². The number of nitrogens with zero attached hydrogens (tertiary/aromatic N) is 1. The summed E-state index contributed by atoms with van der Waals surface area (Å²) in [6, 6.07) is 18.1. The molecule has 0 fully saturated rings. The van der Waals surface area contributed by atoms with Crippen molar-refractivity contribution in [3.05, 3.63) is 65.7 Å². The van der Waals surface area contributed by atoms with E-state index in [0.717, 1.165) is 29.3 Å². The molecule has 0 saturated carbocycles. The van der Waals surface area contributed by atoms with Gasteiger partial charge in [0.15, 0.2) is 5.96 Å². The number of para-hydroxylation sites is 1. The molecule has 1 heterocycles. The highest BCUT2D eigenvalue weighted by Gasteiger charge is 2.24. The number of nitrogens with one attached hydrogen (secondary N) is 3. The first kappa shape index (κ1) is 23.2. The first-order valence-corrected chi connectivity index (χ1v) is 9.79. The minimum Gasteiger partial charge on any atom is -0.375 e. The van der Waals surface area contributed by atoms with Crippen molar-refractivity contribution >= 4 is 41.5 Å². The van der Waals surface area contributed by atoms with E-state index in [-0.39, 0.29) is 35.8 Å². The number of carbonyl (C=O) groups is 1. The molecule has 1 amide bonds. The monoisotopic (exact) mass is 508 g/mol. The van der Waals surface area contributed by atoms with Gasteiger partial charge in [-0.05, 0) is 24.1 Å². The van der Waals surface area contributed by atoms with E-state index in [4.69, 9.17) is 4.74 Å². The SMILES string of the molecule is CCNC(=NCC1CC(=O)Nc2ccccc21)NCCOCc1ccccc1.I. The van der Waals surface area contributed by atoms with Gasteiger partial charge in [0.25, 0.3) is 0 Å². The van der Waals surface area contributed by atoms with Crippen LogP contribution >= 0.6 is 24.0 Å². The zero-order valence-electron chi connectivity index (χ0n) is 16.7. The Morgan fingerprint density at radius 3 is 2.69 bits per heavy atom. The van der Waals surface area contributed by atoms with Gasteiger partial charge in [0.05, 0.1) is 19.8 Å². The second-order valence-corrected chi connectivity index (χ2v) is 6.72. The van der Waals surface area contributed by atoms with Crippen molar-refractivity contribution in [3.63, 3.8) is 0 Å². The van der Waals surface area contributed by atoms with Gasteiger partial charge >= 0.3 is 0 Å². The number of anilines is 1. The Hall–Kier alpha value is -2.13. The van der Waals surface area contributed by atoms with E-state index in [1.165, 1.54) is 0 Å². The van der Waals surface area contributed by atoms with Gasteiger partial charge in [-0.3, -0.25) is 9.79 Å². The van der Waals surface area contributed by atoms with Gasteiger partial charge in [-0.15, -0.1) is 24.0 Å². The lowest BCUT2D eigenvalue weighted by Gasteiger charge is -2.24. The number of carbonyl (C=O) groups excluding carboxylic acids is 1. The molecule has 1 unspecified atom stereocenters. The van der Waals surface area contributed by atoms with Crippen molar-refractivity contribution in [1.29, 1.82) is 0 Å². The standard InChI is InChI=1S/C22H28N4O2.HI/c1-2-23-22(24-12-13-28-16-17-8-4-3-5-9-17)25-15-18-14-21(27)26-20-11-7-6-10-19(18)20;/h3-11,18H,2,12-16H2,1H3,(H,26,27)(H2,23,24,25);1H. The quantitative estimate of drug-likeness (QED) is 0.221. The van der Waals surface area contributed by atoms with Crippen LogP contribution in [0.4, 0.5) is 5.69 Å². The third kappa shape index (κ3) is 7.32. The third-order valence-electron chi connectivity index (χ3n) is 4.57. The normalized spacial score (nSPS) is 15.7. The highest BCUT2D eigenvalue weighted by molar-refractivity contribution is 14.0. The van der Waals surface area contributed by atoms with Crippen molar-refractivity contribution in [2.24, 2.45) is 4.99 Å². The van der Waals surface area contributed by atoms with Gasteiger partial charge in [0.1, 0.15) is 0 Å². The molecule has 0 aromatic heterocycles. The average molecular weight is 508 g/mol. The summed E-state index contributed by atoms with van der Waals surface area (Å²) in [6.07, 6.45) is 0.458. The van der Waals surface area contributed by atoms with E-state index < -0.39 is 0 Å². The largest absolute Gasteiger partial charge is 0.375 e. The van der Waals surface area contributed by atoms with Gasteiger partial charge in [-0.25, -0.2) is 0 Å². The molecule has 0 saturated heterocycles. The van der Waals surface area contributed by atoms with E-state index in [2.05, 4.69) is 39.1 Å². The summed E-state index contributed by atoms with van der Waals surface area (Å²) in [5.41, 5.74) is 3.21. The highest BCUT2D eigenvalue weighted by atomic mass is 127. The van der Waals surface area contributed by atoms with Crippen LogP contribution in [0.25, 0.3) is 0 Å². The highest BCUT2D eigenvalue weighted by Crippen LogP contribution is 2.31. The van der Waals surface area contributed by atoms with E-state index in [1.807, 2.05) is 43.3 Å². The summed E-state index contributed by atoms with van der Waals surface area (Å²) in [7, 11) is 0.